The Labute approximate surface area is 161 Å². The van der Waals surface area contributed by atoms with Gasteiger partial charge in [0.1, 0.15) is 5.82 Å². The van der Waals surface area contributed by atoms with Crippen LogP contribution in [0.1, 0.15) is 30.2 Å². The maximum Gasteiger partial charge on any atom is 0.258 e. The average molecular weight is 385 g/mol. The van der Waals surface area contributed by atoms with Gasteiger partial charge in [-0.25, -0.2) is 9.97 Å². The van der Waals surface area contributed by atoms with Gasteiger partial charge in [0.2, 0.25) is 5.91 Å². The Hall–Kier alpha value is -2.58. The summed E-state index contributed by atoms with van der Waals surface area (Å²) in [6.07, 6.45) is 0. The molecule has 0 radical (unpaired) electrons. The number of benzene rings is 1. The first-order chi connectivity index (χ1) is 12.9. The number of nitrogens with zero attached hydrogens (tertiary/aromatic N) is 3. The molecule has 0 aliphatic rings. The van der Waals surface area contributed by atoms with Gasteiger partial charge < -0.3 is 10.3 Å². The van der Waals surface area contributed by atoms with Gasteiger partial charge in [-0.3, -0.25) is 14.5 Å². The predicted molar refractivity (Wildman–Crippen MR) is 108 cm³/mol. The maximum absolute atomic E-state index is 12.6. The monoisotopic (exact) mass is 385 g/mol. The number of thiazole rings is 1. The molecule has 0 aliphatic heterocycles. The van der Waals surface area contributed by atoms with E-state index < -0.39 is 6.04 Å². The molecule has 1 aromatic carbocycles. The van der Waals surface area contributed by atoms with Crippen molar-refractivity contribution in [1.82, 2.24) is 19.9 Å². The SMILES string of the molecule is CCN(Cc1nc2ccccc2c(=O)[nH]1)C(C)C(=O)Nc1nc(C)c(C)s1. The van der Waals surface area contributed by atoms with E-state index >= 15 is 0 Å². The third-order valence-electron chi connectivity index (χ3n) is 4.61. The number of para-hydroxylation sites is 1. The van der Waals surface area contributed by atoms with E-state index in [1.807, 2.05) is 50.8 Å². The number of aryl methyl sites for hydroxylation is 2. The second kappa shape index (κ2) is 7.98. The standard InChI is InChI=1S/C19H23N5O2S/c1-5-24(12(3)17(25)23-19-20-11(2)13(4)27-19)10-16-21-15-9-7-6-8-14(15)18(26)22-16/h6-9,12H,5,10H2,1-4H3,(H,20,23,25)(H,21,22,26). The van der Waals surface area contributed by atoms with Crippen molar-refractivity contribution in [1.29, 1.82) is 0 Å². The minimum Gasteiger partial charge on any atom is -0.309 e. The van der Waals surface area contributed by atoms with Crippen LogP contribution in [0.4, 0.5) is 5.13 Å². The molecule has 1 unspecified atom stereocenters. The summed E-state index contributed by atoms with van der Waals surface area (Å²) in [5, 5.41) is 4.05. The molecule has 1 atom stereocenters. The van der Waals surface area contributed by atoms with Gasteiger partial charge in [0.05, 0.1) is 29.2 Å². The minimum absolute atomic E-state index is 0.131. The third kappa shape index (κ3) is 4.23. The molecule has 3 aromatic rings. The quantitative estimate of drug-likeness (QED) is 0.681. The highest BCUT2D eigenvalue weighted by atomic mass is 32.1. The fourth-order valence-electron chi connectivity index (χ4n) is 2.83. The number of amides is 1. The van der Waals surface area contributed by atoms with Crippen LogP contribution >= 0.6 is 11.3 Å². The summed E-state index contributed by atoms with van der Waals surface area (Å²) in [5.41, 5.74) is 1.41. The van der Waals surface area contributed by atoms with Crippen LogP contribution in [0.5, 0.6) is 0 Å². The van der Waals surface area contributed by atoms with Gasteiger partial charge in [0.25, 0.3) is 5.56 Å². The summed E-state index contributed by atoms with van der Waals surface area (Å²) < 4.78 is 0. The molecule has 0 aliphatic carbocycles. The summed E-state index contributed by atoms with van der Waals surface area (Å²) in [6.45, 7) is 8.73. The number of aromatic nitrogens is 3. The Kier molecular flexibility index (Phi) is 5.67. The molecule has 0 bridgehead atoms. The van der Waals surface area contributed by atoms with Crippen LogP contribution in [0, 0.1) is 13.8 Å². The zero-order valence-electron chi connectivity index (χ0n) is 15.9. The van der Waals surface area contributed by atoms with E-state index in [1.54, 1.807) is 6.07 Å². The number of hydrogen-bond acceptors (Lipinski definition) is 6. The van der Waals surface area contributed by atoms with E-state index in [0.29, 0.717) is 34.9 Å². The molecular weight excluding hydrogens is 362 g/mol. The van der Waals surface area contributed by atoms with Crippen LogP contribution in [-0.4, -0.2) is 38.3 Å². The molecule has 142 valence electrons. The molecule has 2 aromatic heterocycles. The third-order valence-corrected chi connectivity index (χ3v) is 5.60. The van der Waals surface area contributed by atoms with E-state index in [4.69, 9.17) is 0 Å². The van der Waals surface area contributed by atoms with Crippen LogP contribution in [0.25, 0.3) is 10.9 Å². The average Bonchev–Trinajstić information content (AvgIpc) is 2.96. The first kappa shape index (κ1) is 19.2. The second-order valence-electron chi connectivity index (χ2n) is 6.42. The first-order valence-electron chi connectivity index (χ1n) is 8.86. The lowest BCUT2D eigenvalue weighted by molar-refractivity contribution is -0.120. The summed E-state index contributed by atoms with van der Waals surface area (Å²) in [7, 11) is 0. The summed E-state index contributed by atoms with van der Waals surface area (Å²) in [6, 6.07) is 6.83. The van der Waals surface area contributed by atoms with Gasteiger partial charge in [-0.2, -0.15) is 0 Å². The fraction of sp³-hybridized carbons (Fsp3) is 0.368. The van der Waals surface area contributed by atoms with E-state index in [0.717, 1.165) is 10.6 Å². The number of H-pyrrole nitrogens is 1. The van der Waals surface area contributed by atoms with Gasteiger partial charge in [-0.05, 0) is 39.4 Å². The van der Waals surface area contributed by atoms with Gasteiger partial charge in [-0.15, -0.1) is 11.3 Å². The van der Waals surface area contributed by atoms with Crippen molar-refractivity contribution in [2.24, 2.45) is 0 Å². The van der Waals surface area contributed by atoms with Crippen LogP contribution in [0.15, 0.2) is 29.1 Å². The number of fused-ring (bicyclic) bond motifs is 1. The number of nitrogens with one attached hydrogen (secondary N) is 2. The molecule has 8 heteroatoms. The zero-order chi connectivity index (χ0) is 19.6. The van der Waals surface area contributed by atoms with Crippen molar-refractivity contribution in [3.05, 3.63) is 51.0 Å². The fourth-order valence-corrected chi connectivity index (χ4v) is 3.64. The lowest BCUT2D eigenvalue weighted by Crippen LogP contribution is -2.42. The molecule has 7 nitrogen and oxygen atoms in total. The predicted octanol–water partition coefficient (Wildman–Crippen LogP) is 2.85. The summed E-state index contributed by atoms with van der Waals surface area (Å²) in [5.74, 6) is 0.412. The summed E-state index contributed by atoms with van der Waals surface area (Å²) in [4.78, 5) is 39.6. The van der Waals surface area contributed by atoms with Crippen molar-refractivity contribution in [3.8, 4) is 0 Å². The van der Waals surface area contributed by atoms with Crippen LogP contribution < -0.4 is 10.9 Å². The molecular formula is C19H23N5O2S. The van der Waals surface area contributed by atoms with Crippen LogP contribution in [0.2, 0.25) is 0 Å². The van der Waals surface area contributed by atoms with Crippen molar-refractivity contribution in [2.75, 3.05) is 11.9 Å². The molecule has 2 heterocycles. The second-order valence-corrected chi connectivity index (χ2v) is 7.62. The largest absolute Gasteiger partial charge is 0.309 e. The van der Waals surface area contributed by atoms with Crippen molar-refractivity contribution < 1.29 is 4.79 Å². The Morgan fingerprint density at radius 3 is 2.70 bits per heavy atom. The highest BCUT2D eigenvalue weighted by Crippen LogP contribution is 2.21. The molecule has 0 saturated carbocycles. The smallest absolute Gasteiger partial charge is 0.258 e. The molecule has 0 fully saturated rings. The lowest BCUT2D eigenvalue weighted by Gasteiger charge is -2.26. The Morgan fingerprint density at radius 1 is 1.30 bits per heavy atom. The van der Waals surface area contributed by atoms with Gasteiger partial charge >= 0.3 is 0 Å². The minimum atomic E-state index is -0.392. The number of anilines is 1. The van der Waals surface area contributed by atoms with Crippen molar-refractivity contribution >= 4 is 33.3 Å². The molecule has 0 spiro atoms. The van der Waals surface area contributed by atoms with Gasteiger partial charge in [0, 0.05) is 4.88 Å². The number of carbonyl (C=O) groups is 1. The Balaban J connectivity index is 1.76. The topological polar surface area (TPSA) is 91.0 Å². The number of carbonyl (C=O) groups excluding carboxylic acids is 1. The van der Waals surface area contributed by atoms with E-state index in [9.17, 15) is 9.59 Å². The van der Waals surface area contributed by atoms with Gasteiger partial charge in [0.15, 0.2) is 5.13 Å². The normalized spacial score (nSPS) is 12.5. The zero-order valence-corrected chi connectivity index (χ0v) is 16.7. The Bertz CT molecular complexity index is 1010. The van der Waals surface area contributed by atoms with Crippen LogP contribution in [-0.2, 0) is 11.3 Å². The molecule has 2 N–H and O–H groups in total. The van der Waals surface area contributed by atoms with Crippen LogP contribution in [0.3, 0.4) is 0 Å². The van der Waals surface area contributed by atoms with Crippen molar-refractivity contribution in [2.45, 2.75) is 40.3 Å². The molecule has 1 amide bonds. The highest BCUT2D eigenvalue weighted by Gasteiger charge is 2.22. The number of aromatic amines is 1. The first-order valence-corrected chi connectivity index (χ1v) is 9.67. The number of rotatable bonds is 6. The van der Waals surface area contributed by atoms with E-state index in [2.05, 4.69) is 20.3 Å². The van der Waals surface area contributed by atoms with E-state index in [-0.39, 0.29) is 11.5 Å². The van der Waals surface area contributed by atoms with Gasteiger partial charge in [-0.1, -0.05) is 19.1 Å². The molecule has 0 saturated heterocycles. The van der Waals surface area contributed by atoms with E-state index in [1.165, 1.54) is 11.3 Å². The maximum atomic E-state index is 12.6. The molecule has 27 heavy (non-hydrogen) atoms. The Morgan fingerprint density at radius 2 is 2.04 bits per heavy atom. The molecule has 3 rings (SSSR count). The highest BCUT2D eigenvalue weighted by molar-refractivity contribution is 7.15. The summed E-state index contributed by atoms with van der Waals surface area (Å²) >= 11 is 1.47. The van der Waals surface area contributed by atoms with Crippen molar-refractivity contribution in [3.63, 3.8) is 0 Å². The number of likely N-dealkylation sites (N-methyl/N-ethyl adjacent to an activating group) is 1. The lowest BCUT2D eigenvalue weighted by atomic mass is 10.2. The number of hydrogen-bond donors (Lipinski definition) is 2.